The smallest absolute Gasteiger partial charge is 0.128 e. The summed E-state index contributed by atoms with van der Waals surface area (Å²) < 4.78 is 17.9. The van der Waals surface area contributed by atoms with Crippen LogP contribution in [0.25, 0.3) is 0 Å². The quantitative estimate of drug-likeness (QED) is 0.711. The van der Waals surface area contributed by atoms with Gasteiger partial charge in [-0.3, -0.25) is 0 Å². The lowest BCUT2D eigenvalue weighted by molar-refractivity contribution is 0.181. The molecule has 1 aromatic rings. The maximum Gasteiger partial charge on any atom is 0.128 e. The Labute approximate surface area is 76.6 Å². The Morgan fingerprint density at radius 1 is 1.54 bits per heavy atom. The summed E-state index contributed by atoms with van der Waals surface area (Å²) in [5.74, 6) is -0.288. The van der Waals surface area contributed by atoms with Gasteiger partial charge in [-0.05, 0) is 17.7 Å². The molecular formula is C10H10FNO. The summed E-state index contributed by atoms with van der Waals surface area (Å²) in [4.78, 5) is 0. The predicted octanol–water partition coefficient (Wildman–Crippen LogP) is 2.04. The number of nitriles is 1. The zero-order chi connectivity index (χ0) is 9.68. The van der Waals surface area contributed by atoms with Gasteiger partial charge in [-0.25, -0.2) is 4.39 Å². The molecule has 1 aromatic carbocycles. The van der Waals surface area contributed by atoms with Gasteiger partial charge in [0.05, 0.1) is 19.1 Å². The van der Waals surface area contributed by atoms with Gasteiger partial charge >= 0.3 is 0 Å². The van der Waals surface area contributed by atoms with E-state index in [1.54, 1.807) is 12.1 Å². The van der Waals surface area contributed by atoms with Crippen LogP contribution in [-0.4, -0.2) is 7.11 Å². The van der Waals surface area contributed by atoms with Crippen molar-refractivity contribution in [3.8, 4) is 6.07 Å². The van der Waals surface area contributed by atoms with E-state index in [-0.39, 0.29) is 12.4 Å². The van der Waals surface area contributed by atoms with Crippen molar-refractivity contribution in [2.75, 3.05) is 7.11 Å². The summed E-state index contributed by atoms with van der Waals surface area (Å²) in [6, 6.07) is 6.64. The van der Waals surface area contributed by atoms with Crippen LogP contribution >= 0.6 is 0 Å². The van der Waals surface area contributed by atoms with Crippen molar-refractivity contribution in [2.45, 2.75) is 13.0 Å². The third-order valence-corrected chi connectivity index (χ3v) is 1.69. The molecule has 0 aliphatic rings. The highest BCUT2D eigenvalue weighted by atomic mass is 19.1. The molecule has 0 aliphatic carbocycles. The summed E-state index contributed by atoms with van der Waals surface area (Å²) in [5.41, 5.74) is 1.31. The van der Waals surface area contributed by atoms with Gasteiger partial charge < -0.3 is 4.74 Å². The zero-order valence-corrected chi connectivity index (χ0v) is 7.38. The first-order valence-electron chi connectivity index (χ1n) is 3.91. The standard InChI is InChI=1S/C10H10FNO/c1-13-7-9-6-8(4-5-12)2-3-10(9)11/h2-3,6H,4,7H2,1H3. The van der Waals surface area contributed by atoms with Crippen LogP contribution in [0.15, 0.2) is 18.2 Å². The number of nitrogens with zero attached hydrogens (tertiary/aromatic N) is 1. The molecule has 0 N–H and O–H groups in total. The molecule has 0 bridgehead atoms. The summed E-state index contributed by atoms with van der Waals surface area (Å²) in [7, 11) is 1.51. The van der Waals surface area contributed by atoms with Crippen LogP contribution in [0.1, 0.15) is 11.1 Å². The zero-order valence-electron chi connectivity index (χ0n) is 7.38. The van der Waals surface area contributed by atoms with Gasteiger partial charge in [0.2, 0.25) is 0 Å². The predicted molar refractivity (Wildman–Crippen MR) is 46.4 cm³/mol. The maximum atomic E-state index is 13.0. The van der Waals surface area contributed by atoms with Crippen LogP contribution in [0.4, 0.5) is 4.39 Å². The molecule has 2 nitrogen and oxygen atoms in total. The van der Waals surface area contributed by atoms with Crippen LogP contribution in [0.2, 0.25) is 0 Å². The van der Waals surface area contributed by atoms with E-state index in [2.05, 4.69) is 0 Å². The van der Waals surface area contributed by atoms with E-state index in [0.29, 0.717) is 12.0 Å². The Morgan fingerprint density at radius 3 is 2.92 bits per heavy atom. The van der Waals surface area contributed by atoms with Crippen molar-refractivity contribution in [3.63, 3.8) is 0 Å². The molecule has 0 fully saturated rings. The highest BCUT2D eigenvalue weighted by Gasteiger charge is 2.02. The first-order chi connectivity index (χ1) is 6.27. The van der Waals surface area contributed by atoms with Gasteiger partial charge in [0.25, 0.3) is 0 Å². The molecule has 0 amide bonds. The van der Waals surface area contributed by atoms with E-state index >= 15 is 0 Å². The second-order valence-corrected chi connectivity index (χ2v) is 2.69. The molecule has 13 heavy (non-hydrogen) atoms. The molecule has 0 spiro atoms. The van der Waals surface area contributed by atoms with Crippen LogP contribution in [0.5, 0.6) is 0 Å². The van der Waals surface area contributed by atoms with E-state index in [1.807, 2.05) is 6.07 Å². The molecule has 0 aromatic heterocycles. The van der Waals surface area contributed by atoms with Crippen LogP contribution < -0.4 is 0 Å². The third-order valence-electron chi connectivity index (χ3n) is 1.69. The molecule has 0 heterocycles. The minimum Gasteiger partial charge on any atom is -0.380 e. The third kappa shape index (κ3) is 2.53. The van der Waals surface area contributed by atoms with Gasteiger partial charge in [0, 0.05) is 12.7 Å². The van der Waals surface area contributed by atoms with E-state index < -0.39 is 0 Å². The number of rotatable bonds is 3. The molecule has 68 valence electrons. The summed E-state index contributed by atoms with van der Waals surface area (Å²) in [6.45, 7) is 0.241. The highest BCUT2D eigenvalue weighted by molar-refractivity contribution is 5.26. The monoisotopic (exact) mass is 179 g/mol. The largest absolute Gasteiger partial charge is 0.380 e. The molecular weight excluding hydrogens is 169 g/mol. The number of ether oxygens (including phenoxy) is 1. The Bertz CT molecular complexity index is 330. The molecule has 0 atom stereocenters. The fraction of sp³-hybridized carbons (Fsp3) is 0.300. The average Bonchev–Trinajstić information content (AvgIpc) is 2.12. The van der Waals surface area contributed by atoms with E-state index in [0.717, 1.165) is 5.56 Å². The van der Waals surface area contributed by atoms with Crippen molar-refractivity contribution in [1.29, 1.82) is 5.26 Å². The molecule has 0 saturated carbocycles. The second-order valence-electron chi connectivity index (χ2n) is 2.69. The Balaban J connectivity index is 2.91. The van der Waals surface area contributed by atoms with Crippen molar-refractivity contribution >= 4 is 0 Å². The van der Waals surface area contributed by atoms with Crippen molar-refractivity contribution in [1.82, 2.24) is 0 Å². The lowest BCUT2D eigenvalue weighted by Gasteiger charge is -2.03. The van der Waals surface area contributed by atoms with Gasteiger partial charge in [-0.1, -0.05) is 6.07 Å². The SMILES string of the molecule is COCc1cc(CC#N)ccc1F. The summed E-state index contributed by atoms with van der Waals surface area (Å²) in [6.07, 6.45) is 0.303. The van der Waals surface area contributed by atoms with Crippen molar-refractivity contribution < 1.29 is 9.13 Å². The normalized spacial score (nSPS) is 9.62. The highest BCUT2D eigenvalue weighted by Crippen LogP contribution is 2.11. The molecule has 0 radical (unpaired) electrons. The average molecular weight is 179 g/mol. The fourth-order valence-electron chi connectivity index (χ4n) is 1.10. The minimum absolute atomic E-state index is 0.241. The molecule has 0 unspecified atom stereocenters. The van der Waals surface area contributed by atoms with Gasteiger partial charge in [0.1, 0.15) is 5.82 Å². The second kappa shape index (κ2) is 4.58. The van der Waals surface area contributed by atoms with Crippen molar-refractivity contribution in [2.24, 2.45) is 0 Å². The maximum absolute atomic E-state index is 13.0. The van der Waals surface area contributed by atoms with Crippen LogP contribution in [0.3, 0.4) is 0 Å². The van der Waals surface area contributed by atoms with Gasteiger partial charge in [0.15, 0.2) is 0 Å². The summed E-state index contributed by atoms with van der Waals surface area (Å²) in [5, 5.41) is 8.43. The lowest BCUT2D eigenvalue weighted by Crippen LogP contribution is -1.94. The van der Waals surface area contributed by atoms with Gasteiger partial charge in [-0.15, -0.1) is 0 Å². The Kier molecular flexibility index (Phi) is 3.41. The van der Waals surface area contributed by atoms with E-state index in [9.17, 15) is 4.39 Å². The Hall–Kier alpha value is -1.40. The number of halogens is 1. The molecule has 3 heteroatoms. The lowest BCUT2D eigenvalue weighted by atomic mass is 10.1. The summed E-state index contributed by atoms with van der Waals surface area (Å²) >= 11 is 0. The molecule has 0 saturated heterocycles. The van der Waals surface area contributed by atoms with Gasteiger partial charge in [-0.2, -0.15) is 5.26 Å². The molecule has 1 rings (SSSR count). The topological polar surface area (TPSA) is 33.0 Å². The van der Waals surface area contributed by atoms with E-state index in [4.69, 9.17) is 10.00 Å². The molecule has 0 aliphatic heterocycles. The first kappa shape index (κ1) is 9.69. The minimum atomic E-state index is -0.288. The van der Waals surface area contributed by atoms with Crippen molar-refractivity contribution in [3.05, 3.63) is 35.1 Å². The fourth-order valence-corrected chi connectivity index (χ4v) is 1.10. The van der Waals surface area contributed by atoms with Crippen LogP contribution in [0, 0.1) is 17.1 Å². The first-order valence-corrected chi connectivity index (χ1v) is 3.91. The number of hydrogen-bond donors (Lipinski definition) is 0. The number of hydrogen-bond acceptors (Lipinski definition) is 2. The Morgan fingerprint density at radius 2 is 2.31 bits per heavy atom. The van der Waals surface area contributed by atoms with E-state index in [1.165, 1.54) is 13.2 Å². The number of methoxy groups -OCH3 is 1. The number of benzene rings is 1. The van der Waals surface area contributed by atoms with Crippen LogP contribution in [-0.2, 0) is 17.8 Å².